The molecule has 1 amide bonds. The summed E-state index contributed by atoms with van der Waals surface area (Å²) in [5.74, 6) is 1.91. The number of aromatic nitrogens is 2. The van der Waals surface area contributed by atoms with Gasteiger partial charge in [0.15, 0.2) is 0 Å². The molecule has 6 rings (SSSR count). The summed E-state index contributed by atoms with van der Waals surface area (Å²) in [4.78, 5) is 26.0. The van der Waals surface area contributed by atoms with E-state index in [-0.39, 0.29) is 5.91 Å². The van der Waals surface area contributed by atoms with Crippen LogP contribution in [0.4, 0.5) is 0 Å². The molecule has 0 atom stereocenters. The van der Waals surface area contributed by atoms with Gasteiger partial charge in [0.2, 0.25) is 0 Å². The molecule has 2 aliphatic heterocycles. The second-order valence-corrected chi connectivity index (χ2v) is 9.72. The van der Waals surface area contributed by atoms with Gasteiger partial charge in [-0.25, -0.2) is 4.98 Å². The SMILES string of the molecule is CN1CCc2nc(-c3cc(C(=O)N4CC(c5ccc(C#N)cc5)C4)ccc3C3CC3)[nH]c2C1. The molecule has 0 unspecified atom stereocenters. The van der Waals surface area contributed by atoms with Gasteiger partial charge in [0.25, 0.3) is 5.91 Å². The normalized spacial score (nSPS) is 18.5. The van der Waals surface area contributed by atoms with Crippen LogP contribution in [0.25, 0.3) is 11.4 Å². The summed E-state index contributed by atoms with van der Waals surface area (Å²) in [6, 6.07) is 16.1. The number of carbonyl (C=O) groups is 1. The van der Waals surface area contributed by atoms with Crippen LogP contribution in [0.2, 0.25) is 0 Å². The van der Waals surface area contributed by atoms with Gasteiger partial charge in [-0.05, 0) is 61.2 Å². The number of hydrogen-bond acceptors (Lipinski definition) is 4. The number of imidazole rings is 1. The number of nitrogens with zero attached hydrogens (tertiary/aromatic N) is 4. The number of nitriles is 1. The van der Waals surface area contributed by atoms with Crippen molar-refractivity contribution in [2.45, 2.75) is 37.6 Å². The summed E-state index contributed by atoms with van der Waals surface area (Å²) in [5, 5.41) is 8.99. The maximum Gasteiger partial charge on any atom is 0.253 e. The lowest BCUT2D eigenvalue weighted by atomic mass is 9.90. The van der Waals surface area contributed by atoms with Crippen LogP contribution in [0, 0.1) is 11.3 Å². The maximum atomic E-state index is 13.3. The molecule has 1 saturated heterocycles. The predicted molar refractivity (Wildman–Crippen MR) is 126 cm³/mol. The van der Waals surface area contributed by atoms with E-state index in [9.17, 15) is 4.79 Å². The minimum Gasteiger partial charge on any atom is -0.341 e. The Balaban J connectivity index is 1.23. The largest absolute Gasteiger partial charge is 0.341 e. The molecule has 166 valence electrons. The molecule has 0 spiro atoms. The standard InChI is InChI=1S/C27H27N5O/c1-31-11-10-24-25(16-31)30-26(29-24)23-12-20(8-9-22(23)19-6-7-19)27(33)32-14-21(15-32)18-4-2-17(13-28)3-5-18/h2-5,8-9,12,19,21H,6-7,10-11,14-16H2,1H3,(H,29,30). The second-order valence-electron chi connectivity index (χ2n) is 9.72. The number of fused-ring (bicyclic) bond motifs is 1. The first kappa shape index (κ1) is 20.2. The van der Waals surface area contributed by atoms with E-state index in [0.29, 0.717) is 30.5 Å². The van der Waals surface area contributed by atoms with Crippen LogP contribution in [0.15, 0.2) is 42.5 Å². The minimum absolute atomic E-state index is 0.0829. The summed E-state index contributed by atoms with van der Waals surface area (Å²) in [5.41, 5.74) is 7.35. The third kappa shape index (κ3) is 3.73. The Morgan fingerprint density at radius 2 is 1.91 bits per heavy atom. The number of hydrogen-bond donors (Lipinski definition) is 1. The van der Waals surface area contributed by atoms with E-state index in [2.05, 4.69) is 35.1 Å². The molecule has 1 aromatic heterocycles. The molecule has 33 heavy (non-hydrogen) atoms. The number of H-pyrrole nitrogens is 1. The van der Waals surface area contributed by atoms with Crippen molar-refractivity contribution in [1.29, 1.82) is 5.26 Å². The zero-order valence-electron chi connectivity index (χ0n) is 18.8. The fraction of sp³-hybridized carbons (Fsp3) is 0.370. The van der Waals surface area contributed by atoms with E-state index >= 15 is 0 Å². The summed E-state index contributed by atoms with van der Waals surface area (Å²) in [6.07, 6.45) is 3.38. The smallest absolute Gasteiger partial charge is 0.253 e. The van der Waals surface area contributed by atoms with Crippen molar-refractivity contribution in [3.05, 3.63) is 76.1 Å². The average molecular weight is 438 g/mol. The Hall–Kier alpha value is -3.43. The number of benzene rings is 2. The Kier molecular flexibility index (Phi) is 4.81. The molecular formula is C27H27N5O. The van der Waals surface area contributed by atoms with E-state index in [1.807, 2.05) is 35.2 Å². The molecule has 6 nitrogen and oxygen atoms in total. The molecule has 1 N–H and O–H groups in total. The molecular weight excluding hydrogens is 410 g/mol. The summed E-state index contributed by atoms with van der Waals surface area (Å²) in [7, 11) is 2.14. The predicted octanol–water partition coefficient (Wildman–Crippen LogP) is 4.05. The molecule has 1 saturated carbocycles. The monoisotopic (exact) mass is 437 g/mol. The third-order valence-corrected chi connectivity index (χ3v) is 7.28. The van der Waals surface area contributed by atoms with Crippen molar-refractivity contribution in [3.63, 3.8) is 0 Å². The third-order valence-electron chi connectivity index (χ3n) is 7.28. The van der Waals surface area contributed by atoms with Crippen LogP contribution in [0.3, 0.4) is 0 Å². The molecule has 6 heteroatoms. The van der Waals surface area contributed by atoms with E-state index in [0.717, 1.165) is 42.2 Å². The van der Waals surface area contributed by atoms with Crippen molar-refractivity contribution in [2.24, 2.45) is 0 Å². The van der Waals surface area contributed by atoms with Crippen LogP contribution >= 0.6 is 0 Å². The molecule has 3 aliphatic rings. The summed E-state index contributed by atoms with van der Waals surface area (Å²) < 4.78 is 0. The fourth-order valence-corrected chi connectivity index (χ4v) is 5.07. The lowest BCUT2D eigenvalue weighted by Gasteiger charge is -2.39. The van der Waals surface area contributed by atoms with Gasteiger partial charge in [-0.15, -0.1) is 0 Å². The van der Waals surface area contributed by atoms with Crippen LogP contribution in [-0.4, -0.2) is 52.4 Å². The van der Waals surface area contributed by atoms with Gasteiger partial charge in [0.1, 0.15) is 5.82 Å². The van der Waals surface area contributed by atoms with Crippen molar-refractivity contribution in [3.8, 4) is 17.5 Å². The maximum absolute atomic E-state index is 13.3. The van der Waals surface area contributed by atoms with Crippen LogP contribution in [0.5, 0.6) is 0 Å². The average Bonchev–Trinajstić information content (AvgIpc) is 3.57. The molecule has 1 aliphatic carbocycles. The van der Waals surface area contributed by atoms with Crippen LogP contribution in [0.1, 0.15) is 63.1 Å². The Labute approximate surface area is 193 Å². The van der Waals surface area contributed by atoms with Crippen molar-refractivity contribution in [2.75, 3.05) is 26.7 Å². The van der Waals surface area contributed by atoms with E-state index < -0.39 is 0 Å². The Morgan fingerprint density at radius 1 is 1.12 bits per heavy atom. The Bertz CT molecular complexity index is 1260. The second kappa shape index (κ2) is 7.86. The van der Waals surface area contributed by atoms with Gasteiger partial charge in [-0.2, -0.15) is 5.26 Å². The molecule has 3 aromatic rings. The number of likely N-dealkylation sites (N-methyl/N-ethyl adjacent to an activating group) is 1. The zero-order valence-corrected chi connectivity index (χ0v) is 18.8. The van der Waals surface area contributed by atoms with E-state index in [1.165, 1.54) is 29.7 Å². The highest BCUT2D eigenvalue weighted by atomic mass is 16.2. The highest BCUT2D eigenvalue weighted by molar-refractivity contribution is 5.96. The number of rotatable bonds is 4. The number of aromatic amines is 1. The highest BCUT2D eigenvalue weighted by Gasteiger charge is 2.34. The van der Waals surface area contributed by atoms with Crippen molar-refractivity contribution < 1.29 is 4.79 Å². The van der Waals surface area contributed by atoms with E-state index in [4.69, 9.17) is 10.2 Å². The highest BCUT2D eigenvalue weighted by Crippen LogP contribution is 2.44. The topological polar surface area (TPSA) is 76.0 Å². The van der Waals surface area contributed by atoms with Crippen LogP contribution < -0.4 is 0 Å². The van der Waals surface area contributed by atoms with Gasteiger partial charge in [0, 0.05) is 49.6 Å². The molecule has 2 fully saturated rings. The van der Waals surface area contributed by atoms with Gasteiger partial charge in [-0.1, -0.05) is 18.2 Å². The first-order valence-electron chi connectivity index (χ1n) is 11.8. The number of nitrogens with one attached hydrogen (secondary N) is 1. The van der Waals surface area contributed by atoms with Gasteiger partial charge < -0.3 is 14.8 Å². The van der Waals surface area contributed by atoms with Crippen LogP contribution in [-0.2, 0) is 13.0 Å². The minimum atomic E-state index is 0.0829. The van der Waals surface area contributed by atoms with Crippen molar-refractivity contribution >= 4 is 5.91 Å². The van der Waals surface area contributed by atoms with E-state index in [1.54, 1.807) is 0 Å². The van der Waals surface area contributed by atoms with Crippen molar-refractivity contribution in [1.82, 2.24) is 19.8 Å². The summed E-state index contributed by atoms with van der Waals surface area (Å²) in [6.45, 7) is 3.35. The van der Waals surface area contributed by atoms with Gasteiger partial charge in [-0.3, -0.25) is 4.79 Å². The lowest BCUT2D eigenvalue weighted by molar-refractivity contribution is 0.0602. The molecule has 2 aromatic carbocycles. The fourth-order valence-electron chi connectivity index (χ4n) is 5.07. The molecule has 0 bridgehead atoms. The molecule has 0 radical (unpaired) electrons. The molecule has 3 heterocycles. The Morgan fingerprint density at radius 3 is 2.64 bits per heavy atom. The number of carbonyl (C=O) groups excluding carboxylic acids is 1. The quantitative estimate of drug-likeness (QED) is 0.668. The summed E-state index contributed by atoms with van der Waals surface area (Å²) >= 11 is 0. The lowest BCUT2D eigenvalue weighted by Crippen LogP contribution is -2.48. The first-order valence-corrected chi connectivity index (χ1v) is 11.8. The van der Waals surface area contributed by atoms with Gasteiger partial charge in [0.05, 0.1) is 23.0 Å². The zero-order chi connectivity index (χ0) is 22.5. The number of likely N-dealkylation sites (tertiary alicyclic amines) is 1. The number of amides is 1. The first-order chi connectivity index (χ1) is 16.1. The van der Waals surface area contributed by atoms with Gasteiger partial charge >= 0.3 is 0 Å².